The Morgan fingerprint density at radius 3 is 2.29 bits per heavy atom. The molecule has 0 radical (unpaired) electrons. The Kier molecular flexibility index (Phi) is 5.64. The first-order valence-electron chi connectivity index (χ1n) is 5.49. The minimum atomic E-state index is -1.22. The number of carboxylic acid groups (broad SMARTS) is 1. The number of carboxylic acids is 1. The van der Waals surface area contributed by atoms with Crippen LogP contribution < -0.4 is 11.1 Å². The summed E-state index contributed by atoms with van der Waals surface area (Å²) in [6, 6.07) is 0. The molecule has 0 aliphatic heterocycles. The van der Waals surface area contributed by atoms with Crippen LogP contribution >= 0.6 is 0 Å². The Morgan fingerprint density at radius 2 is 1.94 bits per heavy atom. The Bertz CT molecular complexity index is 317. The van der Waals surface area contributed by atoms with Crippen LogP contribution in [0.5, 0.6) is 0 Å². The summed E-state index contributed by atoms with van der Waals surface area (Å²) >= 11 is 0. The van der Waals surface area contributed by atoms with Crippen molar-refractivity contribution in [1.29, 1.82) is 0 Å². The maximum atomic E-state index is 11.2. The van der Waals surface area contributed by atoms with Crippen molar-refractivity contribution in [3.8, 4) is 0 Å². The highest BCUT2D eigenvalue weighted by Gasteiger charge is 2.41. The minimum Gasteiger partial charge on any atom is -0.481 e. The van der Waals surface area contributed by atoms with Gasteiger partial charge in [0.1, 0.15) is 0 Å². The maximum Gasteiger partial charge on any atom is 0.310 e. The summed E-state index contributed by atoms with van der Waals surface area (Å²) in [5.41, 5.74) is 3.91. The molecule has 0 saturated heterocycles. The van der Waals surface area contributed by atoms with E-state index in [0.29, 0.717) is 6.42 Å². The summed E-state index contributed by atoms with van der Waals surface area (Å²) in [6.45, 7) is 2.98. The second-order valence-electron chi connectivity index (χ2n) is 4.37. The summed E-state index contributed by atoms with van der Waals surface area (Å²) < 4.78 is 0. The van der Waals surface area contributed by atoms with Gasteiger partial charge in [0.15, 0.2) is 0 Å². The molecule has 0 aliphatic carbocycles. The molecule has 6 heteroatoms. The number of nitrogens with two attached hydrogens (primary N) is 1. The first-order valence-corrected chi connectivity index (χ1v) is 5.49. The van der Waals surface area contributed by atoms with Crippen LogP contribution in [0.25, 0.3) is 0 Å². The third kappa shape index (κ3) is 4.05. The lowest BCUT2D eigenvalue weighted by Gasteiger charge is -2.29. The van der Waals surface area contributed by atoms with Crippen molar-refractivity contribution in [1.82, 2.24) is 5.32 Å². The number of nitrogens with one attached hydrogen (secondary N) is 1. The molecular formula is C11H20N2O4. The van der Waals surface area contributed by atoms with Gasteiger partial charge in [-0.15, -0.1) is 0 Å². The summed E-state index contributed by atoms with van der Waals surface area (Å²) in [5.74, 6) is -2.63. The number of carbonyl (C=O) groups is 3. The van der Waals surface area contributed by atoms with Crippen LogP contribution in [0.1, 0.15) is 33.1 Å². The number of carbonyl (C=O) groups excluding carboxylic acids is 2. The van der Waals surface area contributed by atoms with E-state index < -0.39 is 23.2 Å². The Morgan fingerprint density at radius 1 is 1.41 bits per heavy atom. The van der Waals surface area contributed by atoms with Crippen molar-refractivity contribution in [3.05, 3.63) is 0 Å². The van der Waals surface area contributed by atoms with E-state index in [2.05, 4.69) is 5.32 Å². The standard InChI is InChI=1S/C11H20N2O4/c1-7(9(12)15)11(2,10(16)17)6-4-5-8(14)13-3/h7H,4-6H2,1-3H3,(H2,12,15)(H,13,14)(H,16,17)/t7?,11-/m0/s1. The maximum absolute atomic E-state index is 11.2. The molecule has 2 amide bonds. The smallest absolute Gasteiger partial charge is 0.310 e. The van der Waals surface area contributed by atoms with E-state index in [-0.39, 0.29) is 18.7 Å². The molecule has 1 unspecified atom stereocenters. The molecule has 0 rings (SSSR count). The zero-order valence-corrected chi connectivity index (χ0v) is 10.4. The fourth-order valence-corrected chi connectivity index (χ4v) is 1.56. The van der Waals surface area contributed by atoms with Gasteiger partial charge in [-0.25, -0.2) is 0 Å². The number of hydrogen-bond donors (Lipinski definition) is 3. The zero-order chi connectivity index (χ0) is 13.6. The molecule has 0 bridgehead atoms. The van der Waals surface area contributed by atoms with Crippen LogP contribution in [0.2, 0.25) is 0 Å². The van der Waals surface area contributed by atoms with Gasteiger partial charge in [0.25, 0.3) is 0 Å². The van der Waals surface area contributed by atoms with Crippen LogP contribution in [-0.4, -0.2) is 29.9 Å². The van der Waals surface area contributed by atoms with Crippen molar-refractivity contribution in [2.75, 3.05) is 7.05 Å². The van der Waals surface area contributed by atoms with Crippen LogP contribution in [0.4, 0.5) is 0 Å². The van der Waals surface area contributed by atoms with Crippen molar-refractivity contribution in [2.24, 2.45) is 17.1 Å². The topological polar surface area (TPSA) is 109 Å². The van der Waals surface area contributed by atoms with Crippen molar-refractivity contribution < 1.29 is 19.5 Å². The minimum absolute atomic E-state index is 0.149. The highest BCUT2D eigenvalue weighted by Crippen LogP contribution is 2.33. The van der Waals surface area contributed by atoms with E-state index in [9.17, 15) is 14.4 Å². The second-order valence-corrected chi connectivity index (χ2v) is 4.37. The second kappa shape index (κ2) is 6.22. The normalized spacial score (nSPS) is 15.7. The lowest BCUT2D eigenvalue weighted by molar-refractivity contribution is -0.155. The third-order valence-electron chi connectivity index (χ3n) is 3.25. The molecule has 4 N–H and O–H groups in total. The van der Waals surface area contributed by atoms with Gasteiger partial charge in [-0.3, -0.25) is 14.4 Å². The number of amides is 2. The average Bonchev–Trinajstić information content (AvgIpc) is 2.26. The fraction of sp³-hybridized carbons (Fsp3) is 0.727. The molecule has 2 atom stereocenters. The molecule has 0 fully saturated rings. The van der Waals surface area contributed by atoms with Gasteiger partial charge in [0.05, 0.1) is 11.3 Å². The van der Waals surface area contributed by atoms with E-state index in [1.165, 1.54) is 20.9 Å². The molecule has 17 heavy (non-hydrogen) atoms. The van der Waals surface area contributed by atoms with Crippen LogP contribution in [0, 0.1) is 11.3 Å². The van der Waals surface area contributed by atoms with Gasteiger partial charge in [-0.1, -0.05) is 6.92 Å². The molecule has 6 nitrogen and oxygen atoms in total. The lowest BCUT2D eigenvalue weighted by Crippen LogP contribution is -2.41. The van der Waals surface area contributed by atoms with Crippen LogP contribution in [0.15, 0.2) is 0 Å². The first kappa shape index (κ1) is 15.4. The molecule has 0 spiro atoms. The molecule has 0 saturated carbocycles. The third-order valence-corrected chi connectivity index (χ3v) is 3.25. The van der Waals surface area contributed by atoms with Crippen molar-refractivity contribution >= 4 is 17.8 Å². The average molecular weight is 244 g/mol. The van der Waals surface area contributed by atoms with E-state index in [1.807, 2.05) is 0 Å². The van der Waals surface area contributed by atoms with E-state index >= 15 is 0 Å². The SMILES string of the molecule is CNC(=O)CCC[C@](C)(C(=O)O)C(C)C(N)=O. The highest BCUT2D eigenvalue weighted by molar-refractivity contribution is 5.85. The predicted octanol–water partition coefficient (Wildman–Crippen LogP) is 0.115. The lowest BCUT2D eigenvalue weighted by atomic mass is 9.74. The summed E-state index contributed by atoms with van der Waals surface area (Å²) in [6.07, 6.45) is 0.880. The molecule has 98 valence electrons. The van der Waals surface area contributed by atoms with Crippen molar-refractivity contribution in [3.63, 3.8) is 0 Å². The number of rotatable bonds is 7. The molecule has 0 heterocycles. The largest absolute Gasteiger partial charge is 0.481 e. The van der Waals surface area contributed by atoms with Gasteiger partial charge in [-0.05, 0) is 19.8 Å². The van der Waals surface area contributed by atoms with Gasteiger partial charge < -0.3 is 16.2 Å². The molecule has 0 aromatic rings. The Labute approximate surface area is 101 Å². The van der Waals surface area contributed by atoms with E-state index in [1.54, 1.807) is 0 Å². The van der Waals surface area contributed by atoms with E-state index in [4.69, 9.17) is 10.8 Å². The van der Waals surface area contributed by atoms with Gasteiger partial charge in [0.2, 0.25) is 11.8 Å². The van der Waals surface area contributed by atoms with Crippen molar-refractivity contribution in [2.45, 2.75) is 33.1 Å². The van der Waals surface area contributed by atoms with Gasteiger partial charge in [0, 0.05) is 13.5 Å². The quantitative estimate of drug-likeness (QED) is 0.590. The fourth-order valence-electron chi connectivity index (χ4n) is 1.56. The number of primary amides is 1. The van der Waals surface area contributed by atoms with Crippen LogP contribution in [0.3, 0.4) is 0 Å². The first-order chi connectivity index (χ1) is 7.75. The Hall–Kier alpha value is -1.59. The molecular weight excluding hydrogens is 224 g/mol. The summed E-state index contributed by atoms with van der Waals surface area (Å²) in [5, 5.41) is 11.6. The van der Waals surface area contributed by atoms with E-state index in [0.717, 1.165) is 0 Å². The predicted molar refractivity (Wildman–Crippen MR) is 62.0 cm³/mol. The Balaban J connectivity index is 4.58. The van der Waals surface area contributed by atoms with Crippen LogP contribution in [-0.2, 0) is 14.4 Å². The summed E-state index contributed by atoms with van der Waals surface area (Å²) in [4.78, 5) is 33.3. The molecule has 0 aromatic carbocycles. The monoisotopic (exact) mass is 244 g/mol. The zero-order valence-electron chi connectivity index (χ0n) is 10.4. The number of hydrogen-bond acceptors (Lipinski definition) is 3. The molecule has 0 aliphatic rings. The summed E-state index contributed by atoms with van der Waals surface area (Å²) in [7, 11) is 1.52. The van der Waals surface area contributed by atoms with Gasteiger partial charge >= 0.3 is 5.97 Å². The van der Waals surface area contributed by atoms with Gasteiger partial charge in [-0.2, -0.15) is 0 Å². The number of aliphatic carboxylic acids is 1. The molecule has 0 aromatic heterocycles. The highest BCUT2D eigenvalue weighted by atomic mass is 16.4.